The summed E-state index contributed by atoms with van der Waals surface area (Å²) in [6, 6.07) is 0. The second kappa shape index (κ2) is 5.17. The lowest BCUT2D eigenvalue weighted by Crippen LogP contribution is -2.25. The zero-order valence-corrected chi connectivity index (χ0v) is 9.11. The molecule has 0 unspecified atom stereocenters. The Labute approximate surface area is 84.1 Å². The van der Waals surface area contributed by atoms with Gasteiger partial charge in [0, 0.05) is 6.42 Å². The molecule has 0 radical (unpaired) electrons. The Balaban J connectivity index is 3.76. The van der Waals surface area contributed by atoms with E-state index in [-0.39, 0.29) is 0 Å². The fourth-order valence-corrected chi connectivity index (χ4v) is 0.712. The molecule has 0 saturated carbocycles. The smallest absolute Gasteiger partial charge is 0.309 e. The molecule has 0 saturated heterocycles. The van der Waals surface area contributed by atoms with Gasteiger partial charge in [-0.15, -0.1) is 0 Å². The monoisotopic (exact) mass is 204 g/mol. The van der Waals surface area contributed by atoms with Crippen LogP contribution in [-0.2, 0) is 9.53 Å². The number of ether oxygens (including phenoxy) is 1. The molecule has 3 nitrogen and oxygen atoms in total. The fraction of sp³-hybridized carbons (Fsp3) is 0.778. The first-order valence-corrected chi connectivity index (χ1v) is 4.70. The third-order valence-electron chi connectivity index (χ3n) is 1.86. The Kier molecular flexibility index (Phi) is 4.91. The lowest BCUT2D eigenvalue weighted by Gasteiger charge is -2.18. The number of carboxylic acid groups (broad SMARTS) is 1. The molecule has 0 atom stereocenters. The molecule has 0 bridgehead atoms. The first-order valence-electron chi connectivity index (χ1n) is 4.29. The highest BCUT2D eigenvalue weighted by Gasteiger charge is 2.26. The van der Waals surface area contributed by atoms with E-state index in [1.807, 2.05) is 6.92 Å². The molecule has 0 aromatic rings. The molecule has 0 rings (SSSR count). The molecule has 13 heavy (non-hydrogen) atoms. The molecule has 0 amide bonds. The van der Waals surface area contributed by atoms with E-state index >= 15 is 0 Å². The average molecular weight is 204 g/mol. The minimum atomic E-state index is -0.807. The minimum Gasteiger partial charge on any atom is -0.487 e. The van der Waals surface area contributed by atoms with E-state index in [9.17, 15) is 4.79 Å². The Morgan fingerprint density at radius 1 is 1.54 bits per heavy atom. The van der Waals surface area contributed by atoms with Crippen molar-refractivity contribution in [3.05, 3.63) is 0 Å². The van der Waals surface area contributed by atoms with Crippen LogP contribution in [0, 0.1) is 5.41 Å². The fourth-order valence-electron chi connectivity index (χ4n) is 0.629. The van der Waals surface area contributed by atoms with Crippen LogP contribution in [0.2, 0.25) is 0 Å². The maximum absolute atomic E-state index is 10.7. The Morgan fingerprint density at radius 2 is 2.08 bits per heavy atom. The summed E-state index contributed by atoms with van der Waals surface area (Å²) >= 11 is 4.84. The van der Waals surface area contributed by atoms with E-state index in [1.54, 1.807) is 13.8 Å². The average Bonchev–Trinajstić information content (AvgIpc) is 2.03. The van der Waals surface area contributed by atoms with Gasteiger partial charge in [-0.25, -0.2) is 0 Å². The molecule has 0 aliphatic heterocycles. The molecule has 0 aromatic carbocycles. The van der Waals surface area contributed by atoms with Crippen LogP contribution in [0.1, 0.15) is 33.6 Å². The number of thiocarbonyl (C=S) groups is 1. The SMILES string of the molecule is CCC(=S)OCCC(C)(C)C(=O)O. The van der Waals surface area contributed by atoms with Gasteiger partial charge in [0.15, 0.2) is 5.05 Å². The number of hydrogen-bond donors (Lipinski definition) is 1. The van der Waals surface area contributed by atoms with Crippen LogP contribution >= 0.6 is 12.2 Å². The van der Waals surface area contributed by atoms with Crippen molar-refractivity contribution >= 4 is 23.2 Å². The lowest BCUT2D eigenvalue weighted by molar-refractivity contribution is -0.147. The van der Waals surface area contributed by atoms with Gasteiger partial charge in [0.05, 0.1) is 12.0 Å². The van der Waals surface area contributed by atoms with Crippen LogP contribution in [0.3, 0.4) is 0 Å². The van der Waals surface area contributed by atoms with Gasteiger partial charge in [0.2, 0.25) is 0 Å². The van der Waals surface area contributed by atoms with Gasteiger partial charge in [-0.2, -0.15) is 0 Å². The van der Waals surface area contributed by atoms with E-state index in [0.717, 1.165) is 0 Å². The van der Waals surface area contributed by atoms with Crippen molar-refractivity contribution in [2.75, 3.05) is 6.61 Å². The molecule has 0 heterocycles. The van der Waals surface area contributed by atoms with Gasteiger partial charge in [-0.1, -0.05) is 6.92 Å². The molecule has 0 aromatic heterocycles. The van der Waals surface area contributed by atoms with Crippen molar-refractivity contribution in [1.82, 2.24) is 0 Å². The van der Waals surface area contributed by atoms with Crippen LogP contribution in [0.25, 0.3) is 0 Å². The first kappa shape index (κ1) is 12.4. The Hall–Kier alpha value is -0.640. The zero-order valence-electron chi connectivity index (χ0n) is 8.29. The third-order valence-corrected chi connectivity index (χ3v) is 2.26. The second-order valence-electron chi connectivity index (χ2n) is 3.51. The largest absolute Gasteiger partial charge is 0.487 e. The molecular weight excluding hydrogens is 188 g/mol. The molecule has 0 spiro atoms. The highest BCUT2D eigenvalue weighted by molar-refractivity contribution is 7.80. The van der Waals surface area contributed by atoms with E-state index in [1.165, 1.54) is 0 Å². The number of aliphatic carboxylic acids is 1. The topological polar surface area (TPSA) is 46.5 Å². The summed E-state index contributed by atoms with van der Waals surface area (Å²) in [6.07, 6.45) is 1.17. The summed E-state index contributed by atoms with van der Waals surface area (Å²) < 4.78 is 5.15. The van der Waals surface area contributed by atoms with Crippen molar-refractivity contribution in [3.8, 4) is 0 Å². The van der Waals surface area contributed by atoms with Crippen molar-refractivity contribution in [2.24, 2.45) is 5.41 Å². The molecule has 0 fully saturated rings. The van der Waals surface area contributed by atoms with Crippen molar-refractivity contribution < 1.29 is 14.6 Å². The highest BCUT2D eigenvalue weighted by atomic mass is 32.1. The van der Waals surface area contributed by atoms with Gasteiger partial charge in [-0.05, 0) is 32.5 Å². The number of carboxylic acids is 1. The molecule has 0 aliphatic carbocycles. The van der Waals surface area contributed by atoms with Gasteiger partial charge in [-0.3, -0.25) is 4.79 Å². The maximum Gasteiger partial charge on any atom is 0.309 e. The van der Waals surface area contributed by atoms with Crippen molar-refractivity contribution in [3.63, 3.8) is 0 Å². The maximum atomic E-state index is 10.7. The van der Waals surface area contributed by atoms with Crippen LogP contribution in [0.4, 0.5) is 0 Å². The van der Waals surface area contributed by atoms with Gasteiger partial charge >= 0.3 is 5.97 Å². The standard InChI is InChI=1S/C9H16O3S/c1-4-7(13)12-6-5-9(2,3)8(10)11/h4-6H2,1-3H3,(H,10,11). The molecule has 76 valence electrons. The van der Waals surface area contributed by atoms with E-state index in [2.05, 4.69) is 0 Å². The van der Waals surface area contributed by atoms with E-state index in [0.29, 0.717) is 24.5 Å². The van der Waals surface area contributed by atoms with Gasteiger partial charge in [0.1, 0.15) is 0 Å². The third kappa shape index (κ3) is 4.83. The summed E-state index contributed by atoms with van der Waals surface area (Å²) in [6.45, 7) is 5.64. The summed E-state index contributed by atoms with van der Waals surface area (Å²) in [4.78, 5) is 10.7. The summed E-state index contributed by atoms with van der Waals surface area (Å²) in [5.41, 5.74) is -0.733. The zero-order chi connectivity index (χ0) is 10.5. The lowest BCUT2D eigenvalue weighted by atomic mass is 9.90. The predicted molar refractivity (Wildman–Crippen MR) is 54.9 cm³/mol. The quantitative estimate of drug-likeness (QED) is 0.698. The van der Waals surface area contributed by atoms with Crippen molar-refractivity contribution in [2.45, 2.75) is 33.6 Å². The number of hydrogen-bond acceptors (Lipinski definition) is 3. The summed E-state index contributed by atoms with van der Waals surface area (Å²) in [5.74, 6) is -0.807. The Bertz CT molecular complexity index is 199. The molecular formula is C9H16O3S. The normalized spacial score (nSPS) is 11.0. The van der Waals surface area contributed by atoms with Crippen LogP contribution < -0.4 is 0 Å². The minimum absolute atomic E-state index is 0.381. The predicted octanol–water partition coefficient (Wildman–Crippen LogP) is 2.24. The van der Waals surface area contributed by atoms with Crippen LogP contribution in [0.15, 0.2) is 0 Å². The van der Waals surface area contributed by atoms with E-state index < -0.39 is 11.4 Å². The summed E-state index contributed by atoms with van der Waals surface area (Å²) in [7, 11) is 0. The molecule has 4 heteroatoms. The highest BCUT2D eigenvalue weighted by Crippen LogP contribution is 2.20. The van der Waals surface area contributed by atoms with Gasteiger partial charge < -0.3 is 9.84 Å². The van der Waals surface area contributed by atoms with Crippen LogP contribution in [-0.4, -0.2) is 22.7 Å². The van der Waals surface area contributed by atoms with E-state index in [4.69, 9.17) is 22.1 Å². The van der Waals surface area contributed by atoms with Crippen molar-refractivity contribution in [1.29, 1.82) is 0 Å². The molecule has 0 aliphatic rings. The van der Waals surface area contributed by atoms with Gasteiger partial charge in [0.25, 0.3) is 0 Å². The Morgan fingerprint density at radius 3 is 2.46 bits per heavy atom. The molecule has 1 N–H and O–H groups in total. The van der Waals surface area contributed by atoms with Crippen LogP contribution in [0.5, 0.6) is 0 Å². The summed E-state index contributed by atoms with van der Waals surface area (Å²) in [5, 5.41) is 9.32. The number of carbonyl (C=O) groups is 1. The second-order valence-corrected chi connectivity index (χ2v) is 3.97. The number of rotatable bonds is 5. The first-order chi connectivity index (χ1) is 5.90.